The van der Waals surface area contributed by atoms with Gasteiger partial charge in [-0.05, 0) is 30.3 Å². The van der Waals surface area contributed by atoms with Crippen LogP contribution in [0, 0.1) is 11.3 Å². The minimum Gasteiger partial charge on any atom is -0.463 e. The molecular formula is C20H11N5O3S. The molecule has 0 aliphatic rings. The molecule has 0 atom stereocenters. The van der Waals surface area contributed by atoms with Crippen LogP contribution in [0.3, 0.4) is 0 Å². The molecule has 0 saturated heterocycles. The van der Waals surface area contributed by atoms with E-state index in [1.54, 1.807) is 48.8 Å². The number of hydrogen-bond donors (Lipinski definition) is 1. The Morgan fingerprint density at radius 1 is 1.21 bits per heavy atom. The quantitative estimate of drug-likeness (QED) is 0.411. The standard InChI is InChI=1S/C20H11N5O3S/c21-9-13(8-14-11-28-16-6-2-1-5-15(16)17(14)26)18(27)23-20-25-24-19(29-20)12-4-3-7-22-10-12/h1-8,10-11H,(H,23,25,27)/b13-8-. The number of nitrogens with zero attached hydrogens (tertiary/aromatic N) is 4. The van der Waals surface area contributed by atoms with E-state index < -0.39 is 5.91 Å². The molecule has 0 bridgehead atoms. The average Bonchev–Trinajstić information content (AvgIpc) is 3.22. The lowest BCUT2D eigenvalue weighted by Gasteiger charge is -2.01. The van der Waals surface area contributed by atoms with Crippen LogP contribution in [0.25, 0.3) is 27.6 Å². The van der Waals surface area contributed by atoms with Crippen molar-refractivity contribution in [1.29, 1.82) is 5.26 Å². The second kappa shape index (κ2) is 7.84. The lowest BCUT2D eigenvalue weighted by Crippen LogP contribution is -2.14. The predicted molar refractivity (Wildman–Crippen MR) is 108 cm³/mol. The molecule has 1 aromatic carbocycles. The largest absolute Gasteiger partial charge is 0.463 e. The molecule has 0 saturated carbocycles. The molecule has 8 nitrogen and oxygen atoms in total. The van der Waals surface area contributed by atoms with Crippen LogP contribution < -0.4 is 10.7 Å². The van der Waals surface area contributed by atoms with Crippen molar-refractivity contribution in [2.24, 2.45) is 0 Å². The van der Waals surface area contributed by atoms with Gasteiger partial charge in [-0.3, -0.25) is 19.9 Å². The van der Waals surface area contributed by atoms with E-state index in [4.69, 9.17) is 4.42 Å². The number of fused-ring (bicyclic) bond motifs is 1. The fourth-order valence-corrected chi connectivity index (χ4v) is 3.27. The maximum absolute atomic E-state index is 12.5. The molecule has 0 fully saturated rings. The van der Waals surface area contributed by atoms with Gasteiger partial charge in [0.2, 0.25) is 5.13 Å². The lowest BCUT2D eigenvalue weighted by molar-refractivity contribution is -0.112. The van der Waals surface area contributed by atoms with Crippen LogP contribution in [0.5, 0.6) is 0 Å². The first-order chi connectivity index (χ1) is 14.2. The summed E-state index contributed by atoms with van der Waals surface area (Å²) in [6, 6.07) is 12.1. The molecule has 1 N–H and O–H groups in total. The first-order valence-electron chi connectivity index (χ1n) is 8.33. The van der Waals surface area contributed by atoms with Crippen LogP contribution in [0.1, 0.15) is 5.56 Å². The van der Waals surface area contributed by atoms with E-state index in [1.165, 1.54) is 12.3 Å². The number of nitriles is 1. The first kappa shape index (κ1) is 18.2. The minimum atomic E-state index is -0.700. The van der Waals surface area contributed by atoms with Gasteiger partial charge in [0.15, 0.2) is 10.4 Å². The molecule has 0 aliphatic heterocycles. The molecule has 0 aliphatic carbocycles. The third kappa shape index (κ3) is 3.78. The number of pyridine rings is 1. The van der Waals surface area contributed by atoms with E-state index in [2.05, 4.69) is 20.5 Å². The topological polar surface area (TPSA) is 122 Å². The number of carbonyl (C=O) groups excluding carboxylic acids is 1. The van der Waals surface area contributed by atoms with Crippen molar-refractivity contribution in [2.45, 2.75) is 0 Å². The molecule has 0 spiro atoms. The van der Waals surface area contributed by atoms with Gasteiger partial charge in [-0.25, -0.2) is 0 Å². The number of benzene rings is 1. The van der Waals surface area contributed by atoms with Gasteiger partial charge in [-0.15, -0.1) is 10.2 Å². The van der Waals surface area contributed by atoms with Gasteiger partial charge in [-0.2, -0.15) is 5.26 Å². The van der Waals surface area contributed by atoms with Crippen molar-refractivity contribution in [2.75, 3.05) is 5.32 Å². The molecule has 1 amide bonds. The molecule has 29 heavy (non-hydrogen) atoms. The Kier molecular flexibility index (Phi) is 4.92. The van der Waals surface area contributed by atoms with Crippen molar-refractivity contribution >= 4 is 39.4 Å². The Morgan fingerprint density at radius 3 is 2.86 bits per heavy atom. The third-order valence-corrected chi connectivity index (χ3v) is 4.81. The molecule has 0 radical (unpaired) electrons. The normalized spacial score (nSPS) is 11.2. The van der Waals surface area contributed by atoms with E-state index in [1.807, 2.05) is 6.07 Å². The number of hydrogen-bond acceptors (Lipinski definition) is 8. The summed E-state index contributed by atoms with van der Waals surface area (Å²) in [5, 5.41) is 21.0. The Bertz CT molecular complexity index is 1340. The number of anilines is 1. The van der Waals surface area contributed by atoms with Crippen molar-refractivity contribution in [1.82, 2.24) is 15.2 Å². The summed E-state index contributed by atoms with van der Waals surface area (Å²) in [4.78, 5) is 29.0. The smallest absolute Gasteiger partial charge is 0.268 e. The fraction of sp³-hybridized carbons (Fsp3) is 0. The van der Waals surface area contributed by atoms with Gasteiger partial charge in [0.25, 0.3) is 5.91 Å². The molecule has 140 valence electrons. The van der Waals surface area contributed by atoms with Gasteiger partial charge in [-0.1, -0.05) is 23.5 Å². The lowest BCUT2D eigenvalue weighted by atomic mass is 10.1. The van der Waals surface area contributed by atoms with Gasteiger partial charge >= 0.3 is 0 Å². The molecule has 3 heterocycles. The van der Waals surface area contributed by atoms with Gasteiger partial charge < -0.3 is 4.42 Å². The van der Waals surface area contributed by atoms with Gasteiger partial charge in [0, 0.05) is 18.0 Å². The highest BCUT2D eigenvalue weighted by atomic mass is 32.1. The zero-order chi connectivity index (χ0) is 20.2. The van der Waals surface area contributed by atoms with E-state index in [-0.39, 0.29) is 21.7 Å². The Labute approximate surface area is 167 Å². The number of rotatable bonds is 4. The van der Waals surface area contributed by atoms with Crippen molar-refractivity contribution in [3.05, 3.63) is 76.4 Å². The fourth-order valence-electron chi connectivity index (χ4n) is 2.54. The van der Waals surface area contributed by atoms with Crippen LogP contribution in [0.2, 0.25) is 0 Å². The molecule has 9 heteroatoms. The minimum absolute atomic E-state index is 0.101. The monoisotopic (exact) mass is 401 g/mol. The van der Waals surface area contributed by atoms with Gasteiger partial charge in [0.05, 0.1) is 10.9 Å². The van der Waals surface area contributed by atoms with Crippen molar-refractivity contribution < 1.29 is 9.21 Å². The van der Waals surface area contributed by atoms with E-state index >= 15 is 0 Å². The summed E-state index contributed by atoms with van der Waals surface area (Å²) in [7, 11) is 0. The predicted octanol–water partition coefficient (Wildman–Crippen LogP) is 3.25. The van der Waals surface area contributed by atoms with Crippen LogP contribution in [-0.4, -0.2) is 21.1 Å². The molecule has 4 aromatic rings. The maximum atomic E-state index is 12.5. The average molecular weight is 401 g/mol. The summed E-state index contributed by atoms with van der Waals surface area (Å²) >= 11 is 1.14. The summed E-state index contributed by atoms with van der Waals surface area (Å²) in [5.74, 6) is -0.700. The highest BCUT2D eigenvalue weighted by Crippen LogP contribution is 2.25. The Morgan fingerprint density at radius 2 is 2.07 bits per heavy atom. The SMILES string of the molecule is N#C/C(=C/c1coc2ccccc2c1=O)C(=O)Nc1nnc(-c2cccnc2)s1. The molecule has 4 rings (SSSR count). The summed E-state index contributed by atoms with van der Waals surface area (Å²) in [6.45, 7) is 0. The second-order valence-corrected chi connectivity index (χ2v) is 6.77. The Hall–Kier alpha value is -4.16. The van der Waals surface area contributed by atoms with Crippen molar-refractivity contribution in [3.8, 4) is 16.6 Å². The van der Waals surface area contributed by atoms with E-state index in [9.17, 15) is 14.9 Å². The Balaban J connectivity index is 1.59. The molecule has 3 aromatic heterocycles. The van der Waals surface area contributed by atoms with Gasteiger partial charge in [0.1, 0.15) is 23.5 Å². The summed E-state index contributed by atoms with van der Waals surface area (Å²) in [5.41, 5.74) is 0.696. The highest BCUT2D eigenvalue weighted by molar-refractivity contribution is 7.18. The van der Waals surface area contributed by atoms with Crippen molar-refractivity contribution in [3.63, 3.8) is 0 Å². The molecule has 0 unspecified atom stereocenters. The number of carbonyl (C=O) groups is 1. The van der Waals surface area contributed by atoms with Crippen LogP contribution in [0.4, 0.5) is 5.13 Å². The van der Waals surface area contributed by atoms with Crippen LogP contribution in [-0.2, 0) is 4.79 Å². The summed E-state index contributed by atoms with van der Waals surface area (Å²) < 4.78 is 5.41. The highest BCUT2D eigenvalue weighted by Gasteiger charge is 2.15. The number of para-hydroxylation sites is 1. The third-order valence-electron chi connectivity index (χ3n) is 3.93. The van der Waals surface area contributed by atoms with Crippen LogP contribution in [0.15, 0.2) is 69.8 Å². The van der Waals surface area contributed by atoms with E-state index in [0.717, 1.165) is 16.9 Å². The molecular weight excluding hydrogens is 390 g/mol. The first-order valence-corrected chi connectivity index (χ1v) is 9.15. The maximum Gasteiger partial charge on any atom is 0.268 e. The zero-order valence-corrected chi connectivity index (χ0v) is 15.5. The zero-order valence-electron chi connectivity index (χ0n) is 14.7. The second-order valence-electron chi connectivity index (χ2n) is 5.79. The van der Waals surface area contributed by atoms with E-state index in [0.29, 0.717) is 16.0 Å². The van der Waals surface area contributed by atoms with Crippen LogP contribution >= 0.6 is 11.3 Å². The number of amides is 1. The number of aromatic nitrogens is 3. The number of nitrogens with one attached hydrogen (secondary N) is 1. The summed E-state index contributed by atoms with van der Waals surface area (Å²) in [6.07, 6.45) is 5.68.